The van der Waals surface area contributed by atoms with E-state index in [1.165, 1.54) is 13.5 Å². The first-order valence-corrected chi connectivity index (χ1v) is 8.61. The number of ether oxygens (including phenoxy) is 1. The van der Waals surface area contributed by atoms with Gasteiger partial charge in [-0.2, -0.15) is 11.8 Å². The summed E-state index contributed by atoms with van der Waals surface area (Å²) in [5.74, 6) is 0.919. The number of carbonyl (C=O) groups is 2. The molecule has 1 saturated carbocycles. The second-order valence-electron chi connectivity index (χ2n) is 5.34. The Morgan fingerprint density at radius 3 is 2.65 bits per heavy atom. The van der Waals surface area contributed by atoms with Crippen molar-refractivity contribution in [2.75, 3.05) is 19.1 Å². The summed E-state index contributed by atoms with van der Waals surface area (Å²) in [5, 5.41) is 5.72. The third-order valence-corrected chi connectivity index (χ3v) is 4.47. The van der Waals surface area contributed by atoms with E-state index in [1.807, 2.05) is 6.26 Å². The molecule has 20 heavy (non-hydrogen) atoms. The normalized spacial score (nSPS) is 23.8. The summed E-state index contributed by atoms with van der Waals surface area (Å²) < 4.78 is 4.73. The molecule has 0 unspecified atom stereocenters. The van der Waals surface area contributed by atoms with Crippen LogP contribution < -0.4 is 10.6 Å². The van der Waals surface area contributed by atoms with Gasteiger partial charge in [-0.25, -0.2) is 9.59 Å². The molecule has 0 heterocycles. The minimum absolute atomic E-state index is 0.211. The fraction of sp³-hybridized carbons (Fsp3) is 0.857. The van der Waals surface area contributed by atoms with Gasteiger partial charge >= 0.3 is 12.0 Å². The minimum atomic E-state index is -0.564. The lowest BCUT2D eigenvalue weighted by atomic mass is 9.86. The van der Waals surface area contributed by atoms with E-state index in [4.69, 9.17) is 4.74 Å². The molecule has 0 aliphatic heterocycles. The van der Waals surface area contributed by atoms with Crippen LogP contribution in [0.4, 0.5) is 4.79 Å². The van der Waals surface area contributed by atoms with Crippen molar-refractivity contribution >= 4 is 23.8 Å². The van der Waals surface area contributed by atoms with Crippen molar-refractivity contribution < 1.29 is 14.3 Å². The van der Waals surface area contributed by atoms with Crippen LogP contribution in [-0.4, -0.2) is 43.2 Å². The molecule has 0 aromatic heterocycles. The lowest BCUT2D eigenvalue weighted by Crippen LogP contribution is -2.51. The number of hydrogen-bond acceptors (Lipinski definition) is 4. The van der Waals surface area contributed by atoms with E-state index in [2.05, 4.69) is 17.6 Å². The molecule has 3 atom stereocenters. The van der Waals surface area contributed by atoms with Crippen LogP contribution in [0.15, 0.2) is 0 Å². The zero-order chi connectivity index (χ0) is 15.0. The Balaban J connectivity index is 2.45. The molecule has 6 heteroatoms. The number of hydrogen-bond donors (Lipinski definition) is 2. The first-order valence-electron chi connectivity index (χ1n) is 7.22. The highest BCUT2D eigenvalue weighted by Gasteiger charge is 2.25. The van der Waals surface area contributed by atoms with Gasteiger partial charge in [-0.1, -0.05) is 19.8 Å². The molecule has 0 saturated heterocycles. The van der Waals surface area contributed by atoms with E-state index in [9.17, 15) is 9.59 Å². The van der Waals surface area contributed by atoms with Gasteiger partial charge in [0.2, 0.25) is 0 Å². The standard InChI is InChI=1S/C14H26N2O3S/c1-10-6-4-5-7-11(10)15-14(18)16-12(8-9-20-3)13(17)19-2/h10-12H,4-9H2,1-3H3,(H2,15,16,18)/t10-,11-,12+/m0/s1. The van der Waals surface area contributed by atoms with Gasteiger partial charge in [0.25, 0.3) is 0 Å². The number of nitrogens with one attached hydrogen (secondary N) is 2. The van der Waals surface area contributed by atoms with E-state index >= 15 is 0 Å². The van der Waals surface area contributed by atoms with E-state index in [0.29, 0.717) is 12.3 Å². The fourth-order valence-electron chi connectivity index (χ4n) is 2.53. The third kappa shape index (κ3) is 5.61. The molecule has 5 nitrogen and oxygen atoms in total. The van der Waals surface area contributed by atoms with Crippen molar-refractivity contribution in [3.05, 3.63) is 0 Å². The van der Waals surface area contributed by atoms with Gasteiger partial charge in [0, 0.05) is 6.04 Å². The highest BCUT2D eigenvalue weighted by molar-refractivity contribution is 7.98. The molecule has 0 spiro atoms. The Kier molecular flexibility index (Phi) is 7.80. The zero-order valence-corrected chi connectivity index (χ0v) is 13.4. The quantitative estimate of drug-likeness (QED) is 0.738. The van der Waals surface area contributed by atoms with Gasteiger partial charge in [0.05, 0.1) is 7.11 Å². The third-order valence-electron chi connectivity index (χ3n) is 3.83. The number of thioether (sulfide) groups is 1. The number of carbonyl (C=O) groups excluding carboxylic acids is 2. The van der Waals surface area contributed by atoms with Gasteiger partial charge < -0.3 is 15.4 Å². The van der Waals surface area contributed by atoms with E-state index < -0.39 is 6.04 Å². The number of urea groups is 1. The summed E-state index contributed by atoms with van der Waals surface area (Å²) in [4.78, 5) is 23.6. The van der Waals surface area contributed by atoms with Gasteiger partial charge in [-0.3, -0.25) is 0 Å². The number of rotatable bonds is 6. The molecule has 116 valence electrons. The second-order valence-corrected chi connectivity index (χ2v) is 6.33. The molecule has 2 N–H and O–H groups in total. The highest BCUT2D eigenvalue weighted by atomic mass is 32.2. The van der Waals surface area contributed by atoms with Crippen molar-refractivity contribution in [1.29, 1.82) is 0 Å². The van der Waals surface area contributed by atoms with Gasteiger partial charge in [-0.05, 0) is 37.2 Å². The molecule has 0 aromatic rings. The van der Waals surface area contributed by atoms with Gasteiger partial charge in [0.15, 0.2) is 0 Å². The van der Waals surface area contributed by atoms with Crippen molar-refractivity contribution in [2.24, 2.45) is 5.92 Å². The Morgan fingerprint density at radius 2 is 2.05 bits per heavy atom. The maximum atomic E-state index is 12.0. The zero-order valence-electron chi connectivity index (χ0n) is 12.6. The first-order chi connectivity index (χ1) is 9.58. The number of methoxy groups -OCH3 is 1. The molecular formula is C14H26N2O3S. The van der Waals surface area contributed by atoms with E-state index in [1.54, 1.807) is 11.8 Å². The van der Waals surface area contributed by atoms with Crippen LogP contribution >= 0.6 is 11.8 Å². The first kappa shape index (κ1) is 17.1. The summed E-state index contributed by atoms with van der Waals surface area (Å²) in [6, 6.07) is -0.616. The molecule has 1 fully saturated rings. The molecular weight excluding hydrogens is 276 g/mol. The van der Waals surface area contributed by atoms with Crippen molar-refractivity contribution in [3.63, 3.8) is 0 Å². The maximum Gasteiger partial charge on any atom is 0.328 e. The van der Waals surface area contributed by atoms with Crippen LogP contribution in [-0.2, 0) is 9.53 Å². The molecule has 1 aliphatic rings. The average Bonchev–Trinajstić information content (AvgIpc) is 2.45. The smallest absolute Gasteiger partial charge is 0.328 e. The molecule has 1 aliphatic carbocycles. The Bertz CT molecular complexity index is 326. The van der Waals surface area contributed by atoms with Crippen LogP contribution in [0.3, 0.4) is 0 Å². The van der Waals surface area contributed by atoms with Crippen molar-refractivity contribution in [3.8, 4) is 0 Å². The minimum Gasteiger partial charge on any atom is -0.467 e. The summed E-state index contributed by atoms with van der Waals surface area (Å²) >= 11 is 1.64. The molecule has 2 amide bonds. The Labute approximate surface area is 125 Å². The fourth-order valence-corrected chi connectivity index (χ4v) is 3.00. The molecule has 0 bridgehead atoms. The highest BCUT2D eigenvalue weighted by Crippen LogP contribution is 2.23. The Hall–Kier alpha value is -0.910. The van der Waals surface area contributed by atoms with Crippen LogP contribution in [0.25, 0.3) is 0 Å². The SMILES string of the molecule is COC(=O)[C@@H](CCSC)NC(=O)N[C@H]1CCCC[C@@H]1C. The predicted molar refractivity (Wildman–Crippen MR) is 81.9 cm³/mol. The second kappa shape index (κ2) is 9.10. The lowest BCUT2D eigenvalue weighted by molar-refractivity contribution is -0.142. The lowest BCUT2D eigenvalue weighted by Gasteiger charge is -2.30. The predicted octanol–water partition coefficient (Wildman–Crippen LogP) is 2.16. The van der Waals surface area contributed by atoms with Crippen molar-refractivity contribution in [2.45, 2.75) is 51.1 Å². The van der Waals surface area contributed by atoms with Crippen LogP contribution in [0.1, 0.15) is 39.0 Å². The van der Waals surface area contributed by atoms with Gasteiger partial charge in [-0.15, -0.1) is 0 Å². The number of esters is 1. The van der Waals surface area contributed by atoms with Crippen LogP contribution in [0.5, 0.6) is 0 Å². The monoisotopic (exact) mass is 302 g/mol. The molecule has 0 radical (unpaired) electrons. The van der Waals surface area contributed by atoms with Crippen LogP contribution in [0, 0.1) is 5.92 Å². The average molecular weight is 302 g/mol. The van der Waals surface area contributed by atoms with E-state index in [0.717, 1.165) is 25.0 Å². The summed E-state index contributed by atoms with van der Waals surface area (Å²) in [5.41, 5.74) is 0. The summed E-state index contributed by atoms with van der Waals surface area (Å²) in [6.07, 6.45) is 7.11. The largest absolute Gasteiger partial charge is 0.467 e. The number of amides is 2. The topological polar surface area (TPSA) is 67.4 Å². The summed E-state index contributed by atoms with van der Waals surface area (Å²) in [7, 11) is 1.34. The summed E-state index contributed by atoms with van der Waals surface area (Å²) in [6.45, 7) is 2.16. The van der Waals surface area contributed by atoms with Crippen LogP contribution in [0.2, 0.25) is 0 Å². The van der Waals surface area contributed by atoms with Crippen molar-refractivity contribution in [1.82, 2.24) is 10.6 Å². The molecule has 0 aromatic carbocycles. The Morgan fingerprint density at radius 1 is 1.35 bits per heavy atom. The van der Waals surface area contributed by atoms with Gasteiger partial charge in [0.1, 0.15) is 6.04 Å². The van der Waals surface area contributed by atoms with E-state index in [-0.39, 0.29) is 18.0 Å². The molecule has 1 rings (SSSR count). The maximum absolute atomic E-state index is 12.0.